The number of rotatable bonds is 9. The number of carbonyl (C=O) groups is 2. The van der Waals surface area contributed by atoms with Crippen molar-refractivity contribution in [1.82, 2.24) is 9.80 Å². The standard InChI is InChI=1S/C22H28Cl2N2O2/c1-2-3-4-5-6-7-14-26-21(27)19(17-11-10-16(23)15-18(17)24)20(22(26)28)25-12-8-9-13-25/h10-11,15H,2-9,12-14H2,1H3. The minimum absolute atomic E-state index is 0.179. The maximum absolute atomic E-state index is 13.2. The van der Waals surface area contributed by atoms with E-state index in [0.717, 1.165) is 45.2 Å². The summed E-state index contributed by atoms with van der Waals surface area (Å²) in [5, 5.41) is 0.916. The van der Waals surface area contributed by atoms with Crippen molar-refractivity contribution in [1.29, 1.82) is 0 Å². The molecule has 1 aromatic carbocycles. The van der Waals surface area contributed by atoms with Gasteiger partial charge in [-0.3, -0.25) is 14.5 Å². The molecule has 0 spiro atoms. The third kappa shape index (κ3) is 4.55. The summed E-state index contributed by atoms with van der Waals surface area (Å²) in [5.41, 5.74) is 1.54. The molecular formula is C22H28Cl2N2O2. The first-order chi connectivity index (χ1) is 13.5. The van der Waals surface area contributed by atoms with E-state index in [2.05, 4.69) is 6.92 Å². The van der Waals surface area contributed by atoms with Gasteiger partial charge in [-0.2, -0.15) is 0 Å². The molecule has 2 aliphatic heterocycles. The summed E-state index contributed by atoms with van der Waals surface area (Å²) in [7, 11) is 0. The fourth-order valence-electron chi connectivity index (χ4n) is 3.99. The van der Waals surface area contributed by atoms with E-state index in [1.807, 2.05) is 4.90 Å². The summed E-state index contributed by atoms with van der Waals surface area (Å²) in [6, 6.07) is 5.09. The third-order valence-electron chi connectivity index (χ3n) is 5.50. The SMILES string of the molecule is CCCCCCCCN1C(=O)C(c2ccc(Cl)cc2Cl)=C(N2CCCC2)C1=O. The van der Waals surface area contributed by atoms with Gasteiger partial charge < -0.3 is 4.90 Å². The van der Waals surface area contributed by atoms with E-state index in [9.17, 15) is 9.59 Å². The van der Waals surface area contributed by atoms with Crippen molar-refractivity contribution in [2.75, 3.05) is 19.6 Å². The molecule has 1 fully saturated rings. The second-order valence-corrected chi connectivity index (χ2v) is 8.42. The lowest BCUT2D eigenvalue weighted by Crippen LogP contribution is -2.35. The molecule has 0 radical (unpaired) electrons. The minimum atomic E-state index is -0.232. The van der Waals surface area contributed by atoms with Gasteiger partial charge in [-0.05, 0) is 31.4 Å². The van der Waals surface area contributed by atoms with Crippen LogP contribution >= 0.6 is 23.2 Å². The van der Waals surface area contributed by atoms with Gasteiger partial charge in [0.15, 0.2) is 0 Å². The molecule has 0 N–H and O–H groups in total. The van der Waals surface area contributed by atoms with E-state index in [0.29, 0.717) is 33.4 Å². The second kappa shape index (κ2) is 9.80. The predicted octanol–water partition coefficient (Wildman–Crippen LogP) is 5.53. The molecule has 1 saturated heterocycles. The summed E-state index contributed by atoms with van der Waals surface area (Å²) >= 11 is 12.4. The van der Waals surface area contributed by atoms with Gasteiger partial charge in [0.05, 0.1) is 10.6 Å². The Morgan fingerprint density at radius 2 is 1.61 bits per heavy atom. The highest BCUT2D eigenvalue weighted by molar-refractivity contribution is 6.41. The number of carbonyl (C=O) groups excluding carboxylic acids is 2. The van der Waals surface area contributed by atoms with Gasteiger partial charge in [-0.15, -0.1) is 0 Å². The molecule has 3 rings (SSSR count). The first kappa shape index (κ1) is 21.2. The van der Waals surface area contributed by atoms with Crippen molar-refractivity contribution in [3.05, 3.63) is 39.5 Å². The smallest absolute Gasteiger partial charge is 0.277 e. The predicted molar refractivity (Wildman–Crippen MR) is 114 cm³/mol. The Labute approximate surface area is 177 Å². The Morgan fingerprint density at radius 3 is 2.29 bits per heavy atom. The summed E-state index contributed by atoms with van der Waals surface area (Å²) in [4.78, 5) is 29.8. The van der Waals surface area contributed by atoms with Crippen molar-refractivity contribution in [3.8, 4) is 0 Å². The lowest BCUT2D eigenvalue weighted by molar-refractivity contribution is -0.137. The van der Waals surface area contributed by atoms with Crippen LogP contribution in [0.15, 0.2) is 23.9 Å². The zero-order chi connectivity index (χ0) is 20.1. The molecule has 0 atom stereocenters. The second-order valence-electron chi connectivity index (χ2n) is 7.57. The highest BCUT2D eigenvalue weighted by Gasteiger charge is 2.42. The Hall–Kier alpha value is -1.52. The van der Waals surface area contributed by atoms with Gasteiger partial charge in [0.25, 0.3) is 11.8 Å². The molecule has 6 heteroatoms. The van der Waals surface area contributed by atoms with Crippen LogP contribution in [0, 0.1) is 0 Å². The number of hydrogen-bond acceptors (Lipinski definition) is 3. The summed E-state index contributed by atoms with van der Waals surface area (Å²) in [5.74, 6) is -0.411. The molecule has 2 amide bonds. The molecule has 152 valence electrons. The highest BCUT2D eigenvalue weighted by Crippen LogP contribution is 2.37. The number of unbranched alkanes of at least 4 members (excludes halogenated alkanes) is 5. The molecule has 0 aromatic heterocycles. The number of nitrogens with zero attached hydrogens (tertiary/aromatic N) is 2. The topological polar surface area (TPSA) is 40.6 Å². The van der Waals surface area contributed by atoms with Gasteiger partial charge in [-0.25, -0.2) is 0 Å². The van der Waals surface area contributed by atoms with Gasteiger partial charge in [-0.1, -0.05) is 68.3 Å². The molecule has 0 bridgehead atoms. The van der Waals surface area contributed by atoms with Crippen LogP contribution in [0.4, 0.5) is 0 Å². The number of benzene rings is 1. The number of amides is 2. The van der Waals surface area contributed by atoms with E-state index in [1.165, 1.54) is 24.2 Å². The number of imide groups is 1. The normalized spacial score (nSPS) is 17.4. The van der Waals surface area contributed by atoms with Gasteiger partial charge >= 0.3 is 0 Å². The first-order valence-corrected chi connectivity index (χ1v) is 11.1. The quantitative estimate of drug-likeness (QED) is 0.387. The monoisotopic (exact) mass is 422 g/mol. The van der Waals surface area contributed by atoms with Crippen LogP contribution < -0.4 is 0 Å². The molecular weight excluding hydrogens is 395 g/mol. The van der Waals surface area contributed by atoms with Crippen LogP contribution in [0.5, 0.6) is 0 Å². The molecule has 2 heterocycles. The summed E-state index contributed by atoms with van der Waals surface area (Å²) < 4.78 is 0. The molecule has 4 nitrogen and oxygen atoms in total. The molecule has 0 unspecified atom stereocenters. The van der Waals surface area contributed by atoms with Crippen LogP contribution in [0.1, 0.15) is 63.9 Å². The van der Waals surface area contributed by atoms with Crippen LogP contribution in [0.25, 0.3) is 5.57 Å². The van der Waals surface area contributed by atoms with Gasteiger partial charge in [0.2, 0.25) is 0 Å². The van der Waals surface area contributed by atoms with Crippen molar-refractivity contribution in [3.63, 3.8) is 0 Å². The van der Waals surface area contributed by atoms with Crippen molar-refractivity contribution < 1.29 is 9.59 Å². The fraction of sp³-hybridized carbons (Fsp3) is 0.545. The van der Waals surface area contributed by atoms with Crippen molar-refractivity contribution in [2.45, 2.75) is 58.3 Å². The van der Waals surface area contributed by atoms with Gasteiger partial charge in [0, 0.05) is 30.2 Å². The fourth-order valence-corrected chi connectivity index (χ4v) is 4.49. The lowest BCUT2D eigenvalue weighted by atomic mass is 10.0. The number of hydrogen-bond donors (Lipinski definition) is 0. The Balaban J connectivity index is 1.81. The highest BCUT2D eigenvalue weighted by atomic mass is 35.5. The van der Waals surface area contributed by atoms with E-state index < -0.39 is 0 Å². The Bertz CT molecular complexity index is 770. The van der Waals surface area contributed by atoms with E-state index in [4.69, 9.17) is 23.2 Å². The largest absolute Gasteiger partial charge is 0.366 e. The average molecular weight is 423 g/mol. The molecule has 0 saturated carbocycles. The van der Waals surface area contributed by atoms with Crippen molar-refractivity contribution >= 4 is 40.6 Å². The van der Waals surface area contributed by atoms with Gasteiger partial charge in [0.1, 0.15) is 5.70 Å². The third-order valence-corrected chi connectivity index (χ3v) is 6.05. The molecule has 28 heavy (non-hydrogen) atoms. The van der Waals surface area contributed by atoms with E-state index in [-0.39, 0.29) is 11.8 Å². The van der Waals surface area contributed by atoms with Crippen LogP contribution in [-0.4, -0.2) is 41.2 Å². The van der Waals surface area contributed by atoms with E-state index in [1.54, 1.807) is 18.2 Å². The van der Waals surface area contributed by atoms with Crippen LogP contribution in [0.2, 0.25) is 10.0 Å². The summed E-state index contributed by atoms with van der Waals surface area (Å²) in [6.45, 7) is 4.26. The maximum atomic E-state index is 13.2. The van der Waals surface area contributed by atoms with Crippen molar-refractivity contribution in [2.24, 2.45) is 0 Å². The summed E-state index contributed by atoms with van der Waals surface area (Å²) in [6.07, 6.45) is 8.74. The van der Waals surface area contributed by atoms with E-state index >= 15 is 0 Å². The number of halogens is 2. The lowest BCUT2D eigenvalue weighted by Gasteiger charge is -2.20. The number of likely N-dealkylation sites (tertiary alicyclic amines) is 1. The maximum Gasteiger partial charge on any atom is 0.277 e. The molecule has 1 aromatic rings. The first-order valence-electron chi connectivity index (χ1n) is 10.4. The minimum Gasteiger partial charge on any atom is -0.366 e. The zero-order valence-corrected chi connectivity index (χ0v) is 18.0. The van der Waals surface area contributed by atoms with Crippen LogP contribution in [-0.2, 0) is 9.59 Å². The Kier molecular flexibility index (Phi) is 7.42. The average Bonchev–Trinajstić information content (AvgIpc) is 3.26. The molecule has 2 aliphatic rings. The Morgan fingerprint density at radius 1 is 0.929 bits per heavy atom. The zero-order valence-electron chi connectivity index (χ0n) is 16.5. The van der Waals surface area contributed by atoms with Crippen LogP contribution in [0.3, 0.4) is 0 Å². The molecule has 0 aliphatic carbocycles.